The molecule has 2 aromatic rings. The lowest BCUT2D eigenvalue weighted by atomic mass is 9.96. The molecular formula is C16H23BrN4. The molecule has 2 rings (SSSR count). The van der Waals surface area contributed by atoms with E-state index >= 15 is 0 Å². The molecule has 1 atom stereocenters. The molecule has 2 heterocycles. The summed E-state index contributed by atoms with van der Waals surface area (Å²) in [6.45, 7) is 9.35. The van der Waals surface area contributed by atoms with Gasteiger partial charge in [-0.2, -0.15) is 5.10 Å². The molecule has 21 heavy (non-hydrogen) atoms. The molecule has 0 aliphatic rings. The zero-order chi connectivity index (χ0) is 15.6. The van der Waals surface area contributed by atoms with Crippen molar-refractivity contribution in [1.82, 2.24) is 19.7 Å². The Morgan fingerprint density at radius 3 is 2.52 bits per heavy atom. The van der Waals surface area contributed by atoms with Gasteiger partial charge < -0.3 is 0 Å². The van der Waals surface area contributed by atoms with Crippen molar-refractivity contribution in [2.75, 3.05) is 7.05 Å². The van der Waals surface area contributed by atoms with E-state index in [0.29, 0.717) is 12.0 Å². The highest BCUT2D eigenvalue weighted by Crippen LogP contribution is 2.28. The summed E-state index contributed by atoms with van der Waals surface area (Å²) in [5.41, 5.74) is 3.44. The Balaban J connectivity index is 2.23. The second-order valence-corrected chi connectivity index (χ2v) is 6.65. The van der Waals surface area contributed by atoms with Crippen LogP contribution in [0.3, 0.4) is 0 Å². The van der Waals surface area contributed by atoms with Crippen LogP contribution in [0, 0.1) is 19.8 Å². The Kier molecular flexibility index (Phi) is 5.17. The van der Waals surface area contributed by atoms with Crippen LogP contribution in [-0.4, -0.2) is 26.7 Å². The molecule has 2 aromatic heterocycles. The fourth-order valence-corrected chi connectivity index (χ4v) is 3.10. The molecule has 0 saturated heterocycles. The molecule has 0 amide bonds. The SMILES string of the molecule is Cc1nn(CN(C)C(c2cccnc2)C(C)C)c(C)c1Br. The molecule has 4 nitrogen and oxygen atoms in total. The second kappa shape index (κ2) is 6.71. The van der Waals surface area contributed by atoms with Crippen molar-refractivity contribution in [3.63, 3.8) is 0 Å². The summed E-state index contributed by atoms with van der Waals surface area (Å²) >= 11 is 3.59. The van der Waals surface area contributed by atoms with Gasteiger partial charge in [-0.3, -0.25) is 14.6 Å². The van der Waals surface area contributed by atoms with Crippen molar-refractivity contribution in [1.29, 1.82) is 0 Å². The molecule has 114 valence electrons. The van der Waals surface area contributed by atoms with E-state index in [0.717, 1.165) is 22.5 Å². The van der Waals surface area contributed by atoms with Gasteiger partial charge in [0.25, 0.3) is 0 Å². The highest BCUT2D eigenvalue weighted by molar-refractivity contribution is 9.10. The Bertz CT molecular complexity index is 592. The predicted octanol–water partition coefficient (Wildman–Crippen LogP) is 3.94. The average molecular weight is 351 g/mol. The minimum absolute atomic E-state index is 0.321. The summed E-state index contributed by atoms with van der Waals surface area (Å²) in [6, 6.07) is 4.46. The molecule has 1 unspecified atom stereocenters. The van der Waals surface area contributed by atoms with Gasteiger partial charge in [0.1, 0.15) is 0 Å². The van der Waals surface area contributed by atoms with Crippen molar-refractivity contribution in [3.8, 4) is 0 Å². The molecule has 0 aliphatic heterocycles. The fraction of sp³-hybridized carbons (Fsp3) is 0.500. The maximum Gasteiger partial charge on any atom is 0.0935 e. The van der Waals surface area contributed by atoms with Crippen molar-refractivity contribution in [2.24, 2.45) is 5.92 Å². The number of halogens is 1. The third kappa shape index (κ3) is 3.52. The minimum Gasteiger partial charge on any atom is -0.280 e. The van der Waals surface area contributed by atoms with Gasteiger partial charge in [0, 0.05) is 18.4 Å². The lowest BCUT2D eigenvalue weighted by molar-refractivity contribution is 0.143. The molecule has 0 fully saturated rings. The molecule has 0 bridgehead atoms. The van der Waals surface area contributed by atoms with E-state index in [1.54, 1.807) is 0 Å². The zero-order valence-corrected chi connectivity index (χ0v) is 14.9. The Labute approximate surface area is 135 Å². The van der Waals surface area contributed by atoms with Gasteiger partial charge in [0.2, 0.25) is 0 Å². The quantitative estimate of drug-likeness (QED) is 0.818. The number of aryl methyl sites for hydroxylation is 1. The van der Waals surface area contributed by atoms with Crippen LogP contribution >= 0.6 is 15.9 Å². The van der Waals surface area contributed by atoms with Crippen LogP contribution in [0.1, 0.15) is 36.8 Å². The van der Waals surface area contributed by atoms with Crippen LogP contribution in [-0.2, 0) is 6.67 Å². The second-order valence-electron chi connectivity index (χ2n) is 5.86. The number of hydrogen-bond acceptors (Lipinski definition) is 3. The topological polar surface area (TPSA) is 34.0 Å². The van der Waals surface area contributed by atoms with Crippen LogP contribution in [0.4, 0.5) is 0 Å². The zero-order valence-electron chi connectivity index (χ0n) is 13.3. The Hall–Kier alpha value is -1.20. The van der Waals surface area contributed by atoms with Gasteiger partial charge in [-0.15, -0.1) is 0 Å². The van der Waals surface area contributed by atoms with Crippen LogP contribution in [0.5, 0.6) is 0 Å². The minimum atomic E-state index is 0.321. The number of rotatable bonds is 5. The van der Waals surface area contributed by atoms with Crippen LogP contribution in [0.2, 0.25) is 0 Å². The first-order valence-electron chi connectivity index (χ1n) is 7.21. The van der Waals surface area contributed by atoms with Crippen LogP contribution < -0.4 is 0 Å². The summed E-state index contributed by atoms with van der Waals surface area (Å²) in [5.74, 6) is 0.500. The summed E-state index contributed by atoms with van der Waals surface area (Å²) in [4.78, 5) is 6.58. The van der Waals surface area contributed by atoms with Gasteiger partial charge >= 0.3 is 0 Å². The number of aromatic nitrogens is 3. The normalized spacial score (nSPS) is 13.1. The first-order chi connectivity index (χ1) is 9.91. The van der Waals surface area contributed by atoms with E-state index in [2.05, 4.69) is 64.8 Å². The van der Waals surface area contributed by atoms with E-state index in [1.165, 1.54) is 5.56 Å². The lowest BCUT2D eigenvalue weighted by Crippen LogP contribution is -2.31. The third-order valence-electron chi connectivity index (χ3n) is 3.78. The first kappa shape index (κ1) is 16.2. The highest BCUT2D eigenvalue weighted by atomic mass is 79.9. The molecule has 0 spiro atoms. The monoisotopic (exact) mass is 350 g/mol. The Morgan fingerprint density at radius 2 is 2.05 bits per heavy atom. The Morgan fingerprint density at radius 1 is 1.33 bits per heavy atom. The van der Waals surface area contributed by atoms with E-state index in [4.69, 9.17) is 0 Å². The number of nitrogens with zero attached hydrogens (tertiary/aromatic N) is 4. The molecule has 0 saturated carbocycles. The van der Waals surface area contributed by atoms with Crippen molar-refractivity contribution in [2.45, 2.75) is 40.4 Å². The van der Waals surface area contributed by atoms with E-state index in [-0.39, 0.29) is 0 Å². The third-order valence-corrected chi connectivity index (χ3v) is 4.93. The largest absolute Gasteiger partial charge is 0.280 e. The molecule has 0 aliphatic carbocycles. The van der Waals surface area contributed by atoms with Crippen LogP contribution in [0.15, 0.2) is 29.0 Å². The summed E-state index contributed by atoms with van der Waals surface area (Å²) in [5, 5.41) is 4.60. The van der Waals surface area contributed by atoms with E-state index in [1.807, 2.05) is 30.1 Å². The smallest absolute Gasteiger partial charge is 0.0935 e. The van der Waals surface area contributed by atoms with Gasteiger partial charge in [-0.25, -0.2) is 0 Å². The first-order valence-corrected chi connectivity index (χ1v) is 8.00. The predicted molar refractivity (Wildman–Crippen MR) is 89.0 cm³/mol. The van der Waals surface area contributed by atoms with Crippen molar-refractivity contribution >= 4 is 15.9 Å². The number of hydrogen-bond donors (Lipinski definition) is 0. The maximum absolute atomic E-state index is 4.60. The van der Waals surface area contributed by atoms with Gasteiger partial charge in [-0.05, 0) is 54.4 Å². The summed E-state index contributed by atoms with van der Waals surface area (Å²) < 4.78 is 3.14. The van der Waals surface area contributed by atoms with E-state index < -0.39 is 0 Å². The molecule has 0 radical (unpaired) electrons. The molecule has 5 heteroatoms. The number of pyridine rings is 1. The fourth-order valence-electron chi connectivity index (χ4n) is 2.81. The van der Waals surface area contributed by atoms with E-state index in [9.17, 15) is 0 Å². The standard InChI is InChI=1S/C16H23BrN4/c1-11(2)16(14-7-6-8-18-9-14)20(5)10-21-13(4)15(17)12(3)19-21/h6-9,11,16H,10H2,1-5H3. The van der Waals surface area contributed by atoms with Crippen molar-refractivity contribution < 1.29 is 0 Å². The molecule has 0 aromatic carbocycles. The molecular weight excluding hydrogens is 328 g/mol. The van der Waals surface area contributed by atoms with Crippen LogP contribution in [0.25, 0.3) is 0 Å². The lowest BCUT2D eigenvalue weighted by Gasteiger charge is -2.31. The highest BCUT2D eigenvalue weighted by Gasteiger charge is 2.22. The average Bonchev–Trinajstić information content (AvgIpc) is 2.67. The van der Waals surface area contributed by atoms with Crippen molar-refractivity contribution in [3.05, 3.63) is 46.0 Å². The maximum atomic E-state index is 4.60. The summed E-state index contributed by atoms with van der Waals surface area (Å²) in [7, 11) is 2.14. The molecule has 0 N–H and O–H groups in total. The summed E-state index contributed by atoms with van der Waals surface area (Å²) in [6.07, 6.45) is 3.78. The van der Waals surface area contributed by atoms with Gasteiger partial charge in [0.15, 0.2) is 0 Å². The van der Waals surface area contributed by atoms with Gasteiger partial charge in [-0.1, -0.05) is 19.9 Å². The van der Waals surface area contributed by atoms with Gasteiger partial charge in [0.05, 0.1) is 22.5 Å².